The van der Waals surface area contributed by atoms with Crippen molar-refractivity contribution in [3.8, 4) is 0 Å². The maximum Gasteiger partial charge on any atom is 0.326 e. The van der Waals surface area contributed by atoms with Gasteiger partial charge in [-0.2, -0.15) is 0 Å². The lowest BCUT2D eigenvalue weighted by Crippen LogP contribution is -2.41. The van der Waals surface area contributed by atoms with E-state index in [0.717, 1.165) is 11.8 Å². The maximum atomic E-state index is 11.6. The largest absolute Gasteiger partial charge is 0.480 e. The van der Waals surface area contributed by atoms with Gasteiger partial charge in [-0.1, -0.05) is 18.5 Å². The fourth-order valence-corrected chi connectivity index (χ4v) is 2.25. The molecule has 0 aliphatic rings. The van der Waals surface area contributed by atoms with Gasteiger partial charge in [0.25, 0.3) is 0 Å². The third-order valence-electron chi connectivity index (χ3n) is 2.57. The van der Waals surface area contributed by atoms with Crippen LogP contribution in [-0.2, 0) is 14.4 Å². The minimum Gasteiger partial charge on any atom is -0.480 e. The molecule has 1 unspecified atom stereocenters. The summed E-state index contributed by atoms with van der Waals surface area (Å²) in [6.07, 6.45) is 1.03. The minimum absolute atomic E-state index is 0.0127. The van der Waals surface area contributed by atoms with Crippen molar-refractivity contribution < 1.29 is 24.0 Å². The third kappa shape index (κ3) is 6.61. The van der Waals surface area contributed by atoms with Gasteiger partial charge in [0, 0.05) is 6.07 Å². The molecule has 2 amide bonds. The van der Waals surface area contributed by atoms with Crippen molar-refractivity contribution in [1.82, 2.24) is 10.5 Å². The Bertz CT molecular complexity index is 532. The van der Waals surface area contributed by atoms with Gasteiger partial charge in [-0.25, -0.2) is 4.79 Å². The molecule has 0 fully saturated rings. The van der Waals surface area contributed by atoms with Gasteiger partial charge in [0.2, 0.25) is 11.8 Å². The molecule has 8 nitrogen and oxygen atoms in total. The Hall–Kier alpha value is -2.03. The molecule has 0 saturated carbocycles. The first-order valence-corrected chi connectivity index (χ1v) is 7.91. The van der Waals surface area contributed by atoms with Crippen LogP contribution in [0.25, 0.3) is 0 Å². The molecular weight excluding hydrogens is 310 g/mol. The van der Waals surface area contributed by atoms with Crippen LogP contribution in [0, 0.1) is 6.92 Å². The molecule has 0 spiro atoms. The lowest BCUT2D eigenvalue weighted by Gasteiger charge is -2.13. The normalized spacial score (nSPS) is 11.7. The molecule has 1 aromatic heterocycles. The van der Waals surface area contributed by atoms with Crippen LogP contribution in [0.4, 0.5) is 5.82 Å². The highest BCUT2D eigenvalue weighted by Crippen LogP contribution is 2.08. The van der Waals surface area contributed by atoms with E-state index in [1.807, 2.05) is 6.92 Å². The number of hydrogen-bond donors (Lipinski definition) is 3. The number of carbonyl (C=O) groups is 3. The highest BCUT2D eigenvalue weighted by molar-refractivity contribution is 8.00. The number of anilines is 1. The summed E-state index contributed by atoms with van der Waals surface area (Å²) in [7, 11) is 0. The number of carboxylic acid groups (broad SMARTS) is 1. The average molecular weight is 329 g/mol. The smallest absolute Gasteiger partial charge is 0.326 e. The zero-order valence-electron chi connectivity index (χ0n) is 12.4. The Balaban J connectivity index is 2.26. The zero-order valence-corrected chi connectivity index (χ0v) is 13.2. The van der Waals surface area contributed by atoms with E-state index in [9.17, 15) is 14.4 Å². The fraction of sp³-hybridized carbons (Fsp3) is 0.538. The van der Waals surface area contributed by atoms with Crippen LogP contribution in [0.3, 0.4) is 0 Å². The summed E-state index contributed by atoms with van der Waals surface area (Å²) >= 11 is 1.09. The first-order valence-electron chi connectivity index (χ1n) is 6.75. The molecule has 3 N–H and O–H groups in total. The summed E-state index contributed by atoms with van der Waals surface area (Å²) in [6.45, 7) is 3.55. The maximum absolute atomic E-state index is 11.6. The first-order chi connectivity index (χ1) is 10.4. The van der Waals surface area contributed by atoms with Crippen molar-refractivity contribution in [3.05, 3.63) is 11.8 Å². The summed E-state index contributed by atoms with van der Waals surface area (Å²) in [6, 6.07) is 0.697. The standard InChI is InChI=1S/C13H19N3O5S/c1-3-4-9(13(19)20)14-11(17)6-22-7-12(18)15-10-5-8(2)21-16-10/h5,9H,3-4,6-7H2,1-2H3,(H,14,17)(H,19,20)(H,15,16,18). The Kier molecular flexibility index (Phi) is 7.44. The predicted molar refractivity (Wildman–Crippen MR) is 81.7 cm³/mol. The molecular formula is C13H19N3O5S. The highest BCUT2D eigenvalue weighted by atomic mass is 32.2. The lowest BCUT2D eigenvalue weighted by molar-refractivity contribution is -0.141. The SMILES string of the molecule is CCCC(NC(=O)CSCC(=O)Nc1cc(C)on1)C(=O)O. The van der Waals surface area contributed by atoms with Crippen molar-refractivity contribution in [1.29, 1.82) is 0 Å². The van der Waals surface area contributed by atoms with E-state index in [2.05, 4.69) is 15.8 Å². The van der Waals surface area contributed by atoms with E-state index in [0.29, 0.717) is 24.4 Å². The monoisotopic (exact) mass is 329 g/mol. The van der Waals surface area contributed by atoms with Crippen molar-refractivity contribution in [3.63, 3.8) is 0 Å². The fourth-order valence-electron chi connectivity index (χ4n) is 1.62. The lowest BCUT2D eigenvalue weighted by atomic mass is 10.2. The van der Waals surface area contributed by atoms with Gasteiger partial charge in [-0.3, -0.25) is 9.59 Å². The minimum atomic E-state index is -1.06. The summed E-state index contributed by atoms with van der Waals surface area (Å²) < 4.78 is 4.81. The van der Waals surface area contributed by atoms with Crippen molar-refractivity contribution in [2.24, 2.45) is 0 Å². The number of hydrogen-bond acceptors (Lipinski definition) is 6. The van der Waals surface area contributed by atoms with Crippen LogP contribution >= 0.6 is 11.8 Å². The Morgan fingerprint density at radius 2 is 2.05 bits per heavy atom. The highest BCUT2D eigenvalue weighted by Gasteiger charge is 2.18. The van der Waals surface area contributed by atoms with Gasteiger partial charge in [-0.15, -0.1) is 11.8 Å². The number of aromatic nitrogens is 1. The first kappa shape index (κ1) is 18.0. The van der Waals surface area contributed by atoms with Crippen LogP contribution in [0.15, 0.2) is 10.6 Å². The van der Waals surface area contributed by atoms with Crippen molar-refractivity contribution in [2.75, 3.05) is 16.8 Å². The molecule has 122 valence electrons. The molecule has 0 radical (unpaired) electrons. The molecule has 1 rings (SSSR count). The molecule has 0 bridgehead atoms. The van der Waals surface area contributed by atoms with E-state index in [-0.39, 0.29) is 17.4 Å². The second kappa shape index (κ2) is 9.08. The van der Waals surface area contributed by atoms with Gasteiger partial charge >= 0.3 is 5.97 Å². The molecule has 1 aromatic rings. The number of nitrogens with one attached hydrogen (secondary N) is 2. The van der Waals surface area contributed by atoms with Gasteiger partial charge in [0.15, 0.2) is 5.82 Å². The van der Waals surface area contributed by atoms with Gasteiger partial charge in [0.1, 0.15) is 11.8 Å². The number of aliphatic carboxylic acids is 1. The molecule has 9 heteroatoms. The summed E-state index contributed by atoms with van der Waals surface area (Å²) in [5.74, 6) is -0.798. The Labute approximate surface area is 132 Å². The van der Waals surface area contributed by atoms with Gasteiger partial charge in [-0.05, 0) is 13.3 Å². The topological polar surface area (TPSA) is 122 Å². The van der Waals surface area contributed by atoms with E-state index in [1.165, 1.54) is 0 Å². The zero-order chi connectivity index (χ0) is 16.5. The summed E-state index contributed by atoms with van der Waals surface area (Å²) in [5, 5.41) is 17.5. The molecule has 0 saturated heterocycles. The van der Waals surface area contributed by atoms with Gasteiger partial charge < -0.3 is 20.3 Å². The molecule has 0 aliphatic carbocycles. The van der Waals surface area contributed by atoms with Crippen LogP contribution in [-0.4, -0.2) is 45.6 Å². The number of amides is 2. The average Bonchev–Trinajstić information content (AvgIpc) is 2.83. The van der Waals surface area contributed by atoms with E-state index < -0.39 is 17.9 Å². The number of aryl methyl sites for hydroxylation is 1. The second-order valence-corrected chi connectivity index (χ2v) is 5.60. The number of carboxylic acids is 1. The quantitative estimate of drug-likeness (QED) is 0.618. The molecule has 22 heavy (non-hydrogen) atoms. The second-order valence-electron chi connectivity index (χ2n) is 4.61. The molecule has 1 heterocycles. The number of carbonyl (C=O) groups excluding carboxylic acids is 2. The van der Waals surface area contributed by atoms with Crippen LogP contribution in [0.2, 0.25) is 0 Å². The number of rotatable bonds is 9. The summed E-state index contributed by atoms with van der Waals surface area (Å²) in [4.78, 5) is 34.1. The van der Waals surface area contributed by atoms with Gasteiger partial charge in [0.05, 0.1) is 11.5 Å². The van der Waals surface area contributed by atoms with Crippen molar-refractivity contribution in [2.45, 2.75) is 32.7 Å². The third-order valence-corrected chi connectivity index (χ3v) is 3.51. The van der Waals surface area contributed by atoms with Crippen LogP contribution in [0.5, 0.6) is 0 Å². The van der Waals surface area contributed by atoms with E-state index in [1.54, 1.807) is 13.0 Å². The molecule has 0 aliphatic heterocycles. The van der Waals surface area contributed by atoms with Crippen molar-refractivity contribution >= 4 is 35.4 Å². The van der Waals surface area contributed by atoms with Crippen LogP contribution < -0.4 is 10.6 Å². The number of thioether (sulfide) groups is 1. The predicted octanol–water partition coefficient (Wildman–Crippen LogP) is 1.02. The van der Waals surface area contributed by atoms with E-state index in [4.69, 9.17) is 9.63 Å². The number of nitrogens with zero attached hydrogens (tertiary/aromatic N) is 1. The molecule has 0 aromatic carbocycles. The van der Waals surface area contributed by atoms with E-state index >= 15 is 0 Å². The Morgan fingerprint density at radius 1 is 1.36 bits per heavy atom. The Morgan fingerprint density at radius 3 is 2.59 bits per heavy atom. The molecule has 1 atom stereocenters. The summed E-state index contributed by atoms with van der Waals surface area (Å²) in [5.41, 5.74) is 0. The van der Waals surface area contributed by atoms with Crippen LogP contribution in [0.1, 0.15) is 25.5 Å².